The standard InChI is InChI=1S/C53H33N7S.C47H29N7S/c1-4-15-34(16-5-1)49-54-50(35-17-6-2-7-18-35)56-51(55-49)36-19-14-22-40(31-36)60-46-26-13-11-24-42(46)44-33-38(28-30-48(44)60)53-58-57-52(61-53)37-27-29-47-43(32-37)41-23-10-12-25-45(41)59(47)39-20-8-3-9-21-39;1-4-14-30(15-5-1)43-48-44(31-16-6-2-7-17-31)50-47(49-43)54-40-23-13-11-21-36(40)38-29-33(25-27-42(38)54)46-52-51-45(55-46)32-24-26-41-37(28-32)35-20-10-12-22-39(35)53(41)34-18-8-3-9-19-34/h1-33H;1-29H. The molecule has 16 heteroatoms. The fraction of sp³-hybridized carbons (Fsp3) is 0. The summed E-state index contributed by atoms with van der Waals surface area (Å²) < 4.78 is 9.12. The second-order valence-corrected chi connectivity index (χ2v) is 30.4. The summed E-state index contributed by atoms with van der Waals surface area (Å²) in [5, 5.41) is 31.7. The van der Waals surface area contributed by atoms with Gasteiger partial charge in [0.05, 0.1) is 44.1 Å². The average molecular weight is 1520 g/mol. The smallest absolute Gasteiger partial charge is 0.238 e. The molecule has 8 aromatic heterocycles. The first-order valence-electron chi connectivity index (χ1n) is 38.3. The zero-order valence-electron chi connectivity index (χ0n) is 61.9. The summed E-state index contributed by atoms with van der Waals surface area (Å²) in [7, 11) is 0. The molecule has 23 rings (SSSR count). The molecule has 544 valence electrons. The van der Waals surface area contributed by atoms with E-state index < -0.39 is 0 Å². The van der Waals surface area contributed by atoms with Gasteiger partial charge in [-0.25, -0.2) is 19.9 Å². The Balaban J connectivity index is 0.000000141. The maximum atomic E-state index is 5.07. The molecule has 0 aliphatic rings. The van der Waals surface area contributed by atoms with Crippen LogP contribution in [0.5, 0.6) is 0 Å². The van der Waals surface area contributed by atoms with Crippen molar-refractivity contribution in [3.63, 3.8) is 0 Å². The molecule has 0 aliphatic carbocycles. The molecular weight excluding hydrogens is 1460 g/mol. The first-order chi connectivity index (χ1) is 57.5. The first-order valence-corrected chi connectivity index (χ1v) is 39.9. The molecular formula is C100H62N14S2. The predicted octanol–water partition coefficient (Wildman–Crippen LogP) is 24.8. The number of hydrogen-bond acceptors (Lipinski definition) is 12. The highest BCUT2D eigenvalue weighted by atomic mass is 32.1. The van der Waals surface area contributed by atoms with E-state index in [-0.39, 0.29) is 0 Å². The molecule has 23 aromatic rings. The maximum Gasteiger partial charge on any atom is 0.238 e. The lowest BCUT2D eigenvalue weighted by atomic mass is 10.1. The van der Waals surface area contributed by atoms with Crippen molar-refractivity contribution in [2.45, 2.75) is 0 Å². The van der Waals surface area contributed by atoms with Gasteiger partial charge in [-0.1, -0.05) is 265 Å². The zero-order chi connectivity index (χ0) is 76.6. The van der Waals surface area contributed by atoms with Gasteiger partial charge in [0.1, 0.15) is 20.0 Å². The highest BCUT2D eigenvalue weighted by molar-refractivity contribution is 7.18. The summed E-state index contributed by atoms with van der Waals surface area (Å²) in [5.74, 6) is 3.69. The van der Waals surface area contributed by atoms with Crippen molar-refractivity contribution in [2.75, 3.05) is 0 Å². The summed E-state index contributed by atoms with van der Waals surface area (Å²) >= 11 is 3.22. The Kier molecular flexibility index (Phi) is 16.6. The van der Waals surface area contributed by atoms with Crippen LogP contribution in [0.25, 0.3) is 209 Å². The Bertz CT molecular complexity index is 7590. The number of fused-ring (bicyclic) bond motifs is 12. The second kappa shape index (κ2) is 28.4. The third-order valence-corrected chi connectivity index (χ3v) is 23.5. The van der Waals surface area contributed by atoms with Crippen LogP contribution in [0.3, 0.4) is 0 Å². The van der Waals surface area contributed by atoms with Gasteiger partial charge in [0, 0.05) is 110 Å². The Morgan fingerprint density at radius 2 is 0.405 bits per heavy atom. The molecule has 0 radical (unpaired) electrons. The summed E-state index contributed by atoms with van der Waals surface area (Å²) in [6.45, 7) is 0. The minimum atomic E-state index is 0.564. The molecule has 116 heavy (non-hydrogen) atoms. The fourth-order valence-electron chi connectivity index (χ4n) is 16.2. The predicted molar refractivity (Wildman–Crippen MR) is 473 cm³/mol. The monoisotopic (exact) mass is 1520 g/mol. The van der Waals surface area contributed by atoms with E-state index in [0.29, 0.717) is 35.1 Å². The lowest BCUT2D eigenvalue weighted by molar-refractivity contribution is 0.953. The van der Waals surface area contributed by atoms with Crippen LogP contribution in [-0.4, -0.2) is 68.6 Å². The molecule has 15 aromatic carbocycles. The van der Waals surface area contributed by atoms with E-state index in [1.165, 1.54) is 32.6 Å². The van der Waals surface area contributed by atoms with Crippen LogP contribution in [-0.2, 0) is 0 Å². The third-order valence-electron chi connectivity index (χ3n) is 21.5. The molecule has 0 amide bonds. The molecule has 0 saturated carbocycles. The van der Waals surface area contributed by atoms with E-state index in [2.05, 4.69) is 273 Å². The molecule has 0 fully saturated rings. The van der Waals surface area contributed by atoms with Gasteiger partial charge in [-0.15, -0.1) is 20.4 Å². The fourth-order valence-corrected chi connectivity index (χ4v) is 17.8. The number of rotatable bonds is 13. The van der Waals surface area contributed by atoms with Crippen molar-refractivity contribution in [1.29, 1.82) is 0 Å². The van der Waals surface area contributed by atoms with Crippen LogP contribution in [0.1, 0.15) is 0 Å². The van der Waals surface area contributed by atoms with Gasteiger partial charge >= 0.3 is 0 Å². The molecule has 0 N–H and O–H groups in total. The van der Waals surface area contributed by atoms with E-state index in [1.54, 1.807) is 22.7 Å². The Morgan fingerprint density at radius 3 is 0.741 bits per heavy atom. The number of aromatic nitrogens is 14. The van der Waals surface area contributed by atoms with Crippen molar-refractivity contribution in [1.82, 2.24) is 68.6 Å². The number of nitrogens with zero attached hydrogens (tertiary/aromatic N) is 14. The largest absolute Gasteiger partial charge is 0.309 e. The molecule has 0 bridgehead atoms. The normalized spacial score (nSPS) is 11.6. The van der Waals surface area contributed by atoms with Crippen LogP contribution in [0.2, 0.25) is 0 Å². The summed E-state index contributed by atoms with van der Waals surface area (Å²) in [4.78, 5) is 30.0. The van der Waals surface area contributed by atoms with E-state index in [4.69, 9.17) is 50.3 Å². The SMILES string of the molecule is c1ccc(-c2nc(-c3ccccc3)nc(-c3cccc(-n4c5ccccc5c5cc(-c6nnc(-c7ccc8c(c7)c7ccccc7n8-c7ccccc7)s6)ccc54)c3)n2)cc1.c1ccc(-c2nc(-c3ccccc3)nc(-n3c4ccccc4c4cc(-c5nnc(-c6ccc7c(c6)c6ccccc6n7-c6ccccc6)s5)ccc43)n2)cc1. The van der Waals surface area contributed by atoms with E-state index >= 15 is 0 Å². The molecule has 8 heterocycles. The van der Waals surface area contributed by atoms with Crippen LogP contribution in [0.15, 0.2) is 376 Å². The van der Waals surface area contributed by atoms with Gasteiger partial charge in [-0.2, -0.15) is 9.97 Å². The minimum Gasteiger partial charge on any atom is -0.309 e. The van der Waals surface area contributed by atoms with Gasteiger partial charge in [0.2, 0.25) is 5.95 Å². The van der Waals surface area contributed by atoms with Gasteiger partial charge < -0.3 is 13.7 Å². The molecule has 0 spiro atoms. The van der Waals surface area contributed by atoms with E-state index in [1.807, 2.05) is 121 Å². The third kappa shape index (κ3) is 11.9. The zero-order valence-corrected chi connectivity index (χ0v) is 63.5. The lowest BCUT2D eigenvalue weighted by Crippen LogP contribution is -2.06. The van der Waals surface area contributed by atoms with Crippen LogP contribution < -0.4 is 0 Å². The van der Waals surface area contributed by atoms with Crippen molar-refractivity contribution < 1.29 is 0 Å². The summed E-state index contributed by atoms with van der Waals surface area (Å²) in [6.07, 6.45) is 0. The maximum absolute atomic E-state index is 5.07. The van der Waals surface area contributed by atoms with Crippen LogP contribution in [0.4, 0.5) is 0 Å². The Labute approximate surface area is 672 Å². The van der Waals surface area contributed by atoms with Crippen molar-refractivity contribution >= 4 is 110 Å². The van der Waals surface area contributed by atoms with Crippen molar-refractivity contribution in [3.05, 3.63) is 376 Å². The molecule has 0 saturated heterocycles. The molecule has 0 aliphatic heterocycles. The lowest BCUT2D eigenvalue weighted by Gasteiger charge is -2.11. The average Bonchev–Trinajstić information content (AvgIpc) is 1.67. The number of para-hydroxylation sites is 6. The van der Waals surface area contributed by atoms with Gasteiger partial charge in [0.25, 0.3) is 0 Å². The van der Waals surface area contributed by atoms with Crippen LogP contribution in [0, 0.1) is 0 Å². The van der Waals surface area contributed by atoms with Crippen LogP contribution >= 0.6 is 22.7 Å². The molecule has 14 nitrogen and oxygen atoms in total. The molecule has 0 unspecified atom stereocenters. The first kappa shape index (κ1) is 67.5. The second-order valence-electron chi connectivity index (χ2n) is 28.4. The van der Waals surface area contributed by atoms with Crippen molar-refractivity contribution in [3.8, 4) is 122 Å². The van der Waals surface area contributed by atoms with Gasteiger partial charge in [-0.05, 0) is 133 Å². The van der Waals surface area contributed by atoms with E-state index in [0.717, 1.165) is 142 Å². The Hall–Kier alpha value is -15.4. The van der Waals surface area contributed by atoms with Gasteiger partial charge in [0.15, 0.2) is 29.1 Å². The van der Waals surface area contributed by atoms with Crippen molar-refractivity contribution in [2.24, 2.45) is 0 Å². The molecule has 0 atom stereocenters. The van der Waals surface area contributed by atoms with Gasteiger partial charge in [-0.3, -0.25) is 4.57 Å². The quantitative estimate of drug-likeness (QED) is 0.109. The summed E-state index contributed by atoms with van der Waals surface area (Å²) in [5.41, 5.74) is 21.0. The number of benzene rings is 15. The van der Waals surface area contributed by atoms with E-state index in [9.17, 15) is 0 Å². The Morgan fingerprint density at radius 1 is 0.164 bits per heavy atom. The minimum absolute atomic E-state index is 0.564. The topological polar surface area (TPSA) is 149 Å². The number of hydrogen-bond donors (Lipinski definition) is 0. The summed E-state index contributed by atoms with van der Waals surface area (Å²) in [6, 6.07) is 130. The highest BCUT2D eigenvalue weighted by Crippen LogP contribution is 2.43. The highest BCUT2D eigenvalue weighted by Gasteiger charge is 2.24.